The molecule has 2 aromatic carbocycles. The number of hydrogen-bond donors (Lipinski definition) is 2. The Balaban J connectivity index is 1.60. The molecule has 1 heterocycles. The molecule has 2 amide bonds. The minimum Gasteiger partial charge on any atom is -0.345 e. The fraction of sp³-hybridized carbons (Fsp3) is 0.105. The van der Waals surface area contributed by atoms with Gasteiger partial charge in [-0.25, -0.2) is 9.18 Å². The molecule has 0 radical (unpaired) electrons. The summed E-state index contributed by atoms with van der Waals surface area (Å²) in [5, 5.41) is 6.06. The van der Waals surface area contributed by atoms with E-state index in [1.165, 1.54) is 6.07 Å². The van der Waals surface area contributed by atoms with Crippen LogP contribution in [0.3, 0.4) is 0 Å². The number of aromatic nitrogens is 1. The Hall–Kier alpha value is -2.79. The van der Waals surface area contributed by atoms with Crippen LogP contribution in [-0.2, 0) is 13.1 Å². The van der Waals surface area contributed by atoms with Crippen molar-refractivity contribution in [3.63, 3.8) is 0 Å². The number of urea groups is 1. The van der Waals surface area contributed by atoms with Crippen molar-refractivity contribution in [3.8, 4) is 0 Å². The smallest absolute Gasteiger partial charge is 0.319 e. The lowest BCUT2D eigenvalue weighted by atomic mass is 10.2. The average molecular weight is 358 g/mol. The van der Waals surface area contributed by atoms with Gasteiger partial charge in [0, 0.05) is 28.2 Å². The van der Waals surface area contributed by atoms with Crippen LogP contribution < -0.4 is 10.6 Å². The molecule has 0 aliphatic rings. The quantitative estimate of drug-likeness (QED) is 0.686. The number of nitrogens with one attached hydrogen (secondary N) is 2. The van der Waals surface area contributed by atoms with Crippen molar-refractivity contribution in [1.82, 2.24) is 9.88 Å². The van der Waals surface area contributed by atoms with E-state index in [2.05, 4.69) is 10.6 Å². The molecule has 0 aliphatic heterocycles. The van der Waals surface area contributed by atoms with Gasteiger partial charge in [0.1, 0.15) is 5.82 Å². The molecule has 4 nitrogen and oxygen atoms in total. The van der Waals surface area contributed by atoms with Crippen LogP contribution in [0.15, 0.2) is 66.9 Å². The summed E-state index contributed by atoms with van der Waals surface area (Å²) >= 11 is 5.89. The molecule has 0 fully saturated rings. The summed E-state index contributed by atoms with van der Waals surface area (Å²) in [5.41, 5.74) is 2.10. The summed E-state index contributed by atoms with van der Waals surface area (Å²) < 4.78 is 15.7. The summed E-state index contributed by atoms with van der Waals surface area (Å²) in [6.07, 6.45) is 1.86. The molecule has 0 spiro atoms. The number of nitrogens with zero attached hydrogens (tertiary/aromatic N) is 1. The second kappa shape index (κ2) is 7.85. The Morgan fingerprint density at radius 3 is 2.72 bits per heavy atom. The van der Waals surface area contributed by atoms with Gasteiger partial charge in [-0.05, 0) is 36.4 Å². The first-order valence-electron chi connectivity index (χ1n) is 7.79. The summed E-state index contributed by atoms with van der Waals surface area (Å²) in [5.74, 6) is -0.242. The van der Waals surface area contributed by atoms with E-state index in [0.29, 0.717) is 29.4 Å². The van der Waals surface area contributed by atoms with Crippen molar-refractivity contribution in [3.05, 3.63) is 89.0 Å². The zero-order valence-corrected chi connectivity index (χ0v) is 14.1. The summed E-state index contributed by atoms with van der Waals surface area (Å²) in [7, 11) is 0. The minimum absolute atomic E-state index is 0.242. The minimum atomic E-state index is -0.332. The number of hydrogen-bond acceptors (Lipinski definition) is 1. The highest BCUT2D eigenvalue weighted by Gasteiger charge is 2.07. The van der Waals surface area contributed by atoms with Gasteiger partial charge < -0.3 is 15.2 Å². The van der Waals surface area contributed by atoms with E-state index in [4.69, 9.17) is 11.6 Å². The Bertz CT molecular complexity index is 878. The standard InChI is InChI=1S/C19H17ClFN3O/c20-15-6-3-7-16(11-15)23-19(25)22-12-17-8-4-10-24(17)13-14-5-1-2-9-18(14)21/h1-11H,12-13H2,(H2,22,23,25). The number of benzene rings is 2. The van der Waals surface area contributed by atoms with Gasteiger partial charge in [0.15, 0.2) is 0 Å². The topological polar surface area (TPSA) is 46.1 Å². The first kappa shape index (κ1) is 17.0. The molecule has 0 bridgehead atoms. The zero-order valence-electron chi connectivity index (χ0n) is 13.4. The van der Waals surface area contributed by atoms with Crippen molar-refractivity contribution in [2.45, 2.75) is 13.1 Å². The lowest BCUT2D eigenvalue weighted by molar-refractivity contribution is 0.251. The van der Waals surface area contributed by atoms with Gasteiger partial charge in [0.25, 0.3) is 0 Å². The Kier molecular flexibility index (Phi) is 5.36. The molecule has 1 aromatic heterocycles. The second-order valence-corrected chi connectivity index (χ2v) is 5.97. The first-order valence-corrected chi connectivity index (χ1v) is 8.17. The Morgan fingerprint density at radius 1 is 1.08 bits per heavy atom. The SMILES string of the molecule is O=C(NCc1cccn1Cc1ccccc1F)Nc1cccc(Cl)c1. The first-order chi connectivity index (χ1) is 12.1. The predicted octanol–water partition coefficient (Wildman–Crippen LogP) is 4.65. The molecule has 3 rings (SSSR count). The van der Waals surface area contributed by atoms with Crippen LogP contribution in [0.2, 0.25) is 5.02 Å². The molecular formula is C19H17ClFN3O. The van der Waals surface area contributed by atoms with Gasteiger partial charge in [-0.1, -0.05) is 35.9 Å². The molecule has 2 N–H and O–H groups in total. The van der Waals surface area contributed by atoms with Crippen molar-refractivity contribution < 1.29 is 9.18 Å². The number of carbonyl (C=O) groups excluding carboxylic acids is 1. The molecular weight excluding hydrogens is 341 g/mol. The number of anilines is 1. The third-order valence-corrected chi connectivity index (χ3v) is 3.97. The van der Waals surface area contributed by atoms with Crippen molar-refractivity contribution in [2.75, 3.05) is 5.32 Å². The van der Waals surface area contributed by atoms with Crippen LogP contribution in [0.1, 0.15) is 11.3 Å². The fourth-order valence-electron chi connectivity index (χ4n) is 2.49. The molecule has 6 heteroatoms. The van der Waals surface area contributed by atoms with Crippen LogP contribution in [0, 0.1) is 5.82 Å². The number of carbonyl (C=O) groups is 1. The van der Waals surface area contributed by atoms with E-state index >= 15 is 0 Å². The normalized spacial score (nSPS) is 10.5. The highest BCUT2D eigenvalue weighted by atomic mass is 35.5. The molecule has 0 aliphatic carbocycles. The summed E-state index contributed by atoms with van der Waals surface area (Å²) in [4.78, 5) is 12.0. The van der Waals surface area contributed by atoms with Crippen LogP contribution in [-0.4, -0.2) is 10.6 Å². The third-order valence-electron chi connectivity index (χ3n) is 3.73. The van der Waals surface area contributed by atoms with Gasteiger partial charge in [0.05, 0.1) is 13.1 Å². The maximum Gasteiger partial charge on any atom is 0.319 e. The number of halogens is 2. The molecule has 0 unspecified atom stereocenters. The van der Waals surface area contributed by atoms with Gasteiger partial charge in [-0.15, -0.1) is 0 Å². The second-order valence-electron chi connectivity index (χ2n) is 5.54. The van der Waals surface area contributed by atoms with Crippen LogP contribution in [0.5, 0.6) is 0 Å². The zero-order chi connectivity index (χ0) is 17.6. The summed E-state index contributed by atoms with van der Waals surface area (Å²) in [6, 6.07) is 17.0. The van der Waals surface area contributed by atoms with E-state index in [-0.39, 0.29) is 11.8 Å². The Morgan fingerprint density at radius 2 is 1.92 bits per heavy atom. The van der Waals surface area contributed by atoms with Gasteiger partial charge in [0.2, 0.25) is 0 Å². The van der Waals surface area contributed by atoms with E-state index < -0.39 is 0 Å². The van der Waals surface area contributed by atoms with Crippen LogP contribution >= 0.6 is 11.6 Å². The Labute approximate surface area is 150 Å². The third kappa shape index (κ3) is 4.61. The molecule has 128 valence electrons. The fourth-order valence-corrected chi connectivity index (χ4v) is 2.68. The molecule has 0 atom stereocenters. The highest BCUT2D eigenvalue weighted by Crippen LogP contribution is 2.15. The van der Waals surface area contributed by atoms with Crippen LogP contribution in [0.4, 0.5) is 14.9 Å². The van der Waals surface area contributed by atoms with E-state index in [1.54, 1.807) is 42.5 Å². The van der Waals surface area contributed by atoms with Gasteiger partial charge in [-0.2, -0.15) is 0 Å². The van der Waals surface area contributed by atoms with E-state index in [9.17, 15) is 9.18 Å². The largest absolute Gasteiger partial charge is 0.345 e. The van der Waals surface area contributed by atoms with Crippen molar-refractivity contribution in [1.29, 1.82) is 0 Å². The lowest BCUT2D eigenvalue weighted by Crippen LogP contribution is -2.29. The monoisotopic (exact) mass is 357 g/mol. The van der Waals surface area contributed by atoms with Crippen LogP contribution in [0.25, 0.3) is 0 Å². The highest BCUT2D eigenvalue weighted by molar-refractivity contribution is 6.30. The van der Waals surface area contributed by atoms with E-state index in [1.807, 2.05) is 22.9 Å². The van der Waals surface area contributed by atoms with Gasteiger partial charge >= 0.3 is 6.03 Å². The summed E-state index contributed by atoms with van der Waals surface area (Å²) in [6.45, 7) is 0.737. The molecule has 0 saturated carbocycles. The maximum absolute atomic E-state index is 13.8. The molecule has 25 heavy (non-hydrogen) atoms. The number of rotatable bonds is 5. The van der Waals surface area contributed by atoms with Crippen molar-refractivity contribution >= 4 is 23.3 Å². The van der Waals surface area contributed by atoms with Crippen molar-refractivity contribution in [2.24, 2.45) is 0 Å². The molecule has 3 aromatic rings. The lowest BCUT2D eigenvalue weighted by Gasteiger charge is -2.12. The average Bonchev–Trinajstić information content (AvgIpc) is 3.02. The van der Waals surface area contributed by atoms with E-state index in [0.717, 1.165) is 5.69 Å². The molecule has 0 saturated heterocycles. The maximum atomic E-state index is 13.8. The van der Waals surface area contributed by atoms with Gasteiger partial charge in [-0.3, -0.25) is 0 Å². The number of amides is 2. The predicted molar refractivity (Wildman–Crippen MR) is 97.2 cm³/mol.